The van der Waals surface area contributed by atoms with Gasteiger partial charge in [-0.3, -0.25) is 25.0 Å². The molecular formula is C17H17N3O8S. The molecule has 1 aromatic carbocycles. The molecule has 0 unspecified atom stereocenters. The lowest BCUT2D eigenvalue weighted by molar-refractivity contribution is -0.385. The van der Waals surface area contributed by atoms with E-state index < -0.39 is 35.1 Å². The Labute approximate surface area is 168 Å². The second-order valence-electron chi connectivity index (χ2n) is 5.39. The van der Waals surface area contributed by atoms with Crippen molar-refractivity contribution in [2.45, 2.75) is 13.3 Å². The van der Waals surface area contributed by atoms with Gasteiger partial charge < -0.3 is 14.2 Å². The number of thiazole rings is 1. The Bertz CT molecular complexity index is 927. The van der Waals surface area contributed by atoms with E-state index in [-0.39, 0.29) is 29.5 Å². The fourth-order valence-corrected chi connectivity index (χ4v) is 2.86. The first-order chi connectivity index (χ1) is 13.8. The average molecular weight is 423 g/mol. The molecule has 1 N–H and O–H groups in total. The van der Waals surface area contributed by atoms with Crippen LogP contribution in [0.25, 0.3) is 0 Å². The Balaban J connectivity index is 1.97. The second kappa shape index (κ2) is 10.1. The molecule has 1 heterocycles. The maximum Gasteiger partial charge on any atom is 0.338 e. The number of amides is 1. The Hall–Kier alpha value is -3.54. The summed E-state index contributed by atoms with van der Waals surface area (Å²) in [5.41, 5.74) is -0.0571. The monoisotopic (exact) mass is 423 g/mol. The van der Waals surface area contributed by atoms with Crippen molar-refractivity contribution < 1.29 is 33.5 Å². The van der Waals surface area contributed by atoms with Crippen molar-refractivity contribution in [3.63, 3.8) is 0 Å². The molecule has 12 heteroatoms. The van der Waals surface area contributed by atoms with Gasteiger partial charge in [0.05, 0.1) is 36.3 Å². The maximum atomic E-state index is 12.0. The predicted molar refractivity (Wildman–Crippen MR) is 101 cm³/mol. The molecule has 154 valence electrons. The number of carbonyl (C=O) groups is 3. The lowest BCUT2D eigenvalue weighted by atomic mass is 10.2. The van der Waals surface area contributed by atoms with Crippen molar-refractivity contribution in [1.82, 2.24) is 4.98 Å². The fraction of sp³-hybridized carbons (Fsp3) is 0.294. The van der Waals surface area contributed by atoms with Crippen LogP contribution in [0.4, 0.5) is 10.8 Å². The van der Waals surface area contributed by atoms with E-state index in [1.165, 1.54) is 12.1 Å². The number of benzene rings is 1. The van der Waals surface area contributed by atoms with Gasteiger partial charge in [-0.25, -0.2) is 9.78 Å². The highest BCUT2D eigenvalue weighted by Crippen LogP contribution is 2.28. The number of anilines is 1. The maximum absolute atomic E-state index is 12.0. The zero-order valence-corrected chi connectivity index (χ0v) is 16.3. The van der Waals surface area contributed by atoms with Crippen LogP contribution in [0.1, 0.15) is 23.0 Å². The second-order valence-corrected chi connectivity index (χ2v) is 6.25. The molecule has 2 aromatic rings. The van der Waals surface area contributed by atoms with Crippen LogP contribution in [-0.4, -0.2) is 48.1 Å². The number of nitro groups is 1. The molecule has 11 nitrogen and oxygen atoms in total. The number of nitrogens with one attached hydrogen (secondary N) is 1. The molecule has 29 heavy (non-hydrogen) atoms. The number of esters is 2. The first-order valence-corrected chi connectivity index (χ1v) is 9.11. The standard InChI is InChI=1S/C17H17N3O8S/c1-3-27-15(22)7-11-9-29-17(18-11)19-14(21)8-28-13-5-4-10(16(23)26-2)6-12(13)20(24)25/h4-6,9H,3,7-8H2,1-2H3,(H,18,19,21). The van der Waals surface area contributed by atoms with Gasteiger partial charge in [-0.2, -0.15) is 0 Å². The highest BCUT2D eigenvalue weighted by Gasteiger charge is 2.20. The Morgan fingerprint density at radius 1 is 1.31 bits per heavy atom. The van der Waals surface area contributed by atoms with Gasteiger partial charge in [0.2, 0.25) is 0 Å². The SMILES string of the molecule is CCOC(=O)Cc1csc(NC(=O)COc2ccc(C(=O)OC)cc2[N+](=O)[O-])n1. The molecule has 1 aromatic heterocycles. The summed E-state index contributed by atoms with van der Waals surface area (Å²) in [6, 6.07) is 3.49. The van der Waals surface area contributed by atoms with Crippen molar-refractivity contribution in [2.75, 3.05) is 25.6 Å². The van der Waals surface area contributed by atoms with Gasteiger partial charge in [-0.1, -0.05) is 0 Å². The van der Waals surface area contributed by atoms with Crippen LogP contribution in [0.15, 0.2) is 23.6 Å². The topological polar surface area (TPSA) is 147 Å². The summed E-state index contributed by atoms with van der Waals surface area (Å²) in [5.74, 6) is -1.95. The number of ether oxygens (including phenoxy) is 3. The van der Waals surface area contributed by atoms with Crippen molar-refractivity contribution in [2.24, 2.45) is 0 Å². The lowest BCUT2D eigenvalue weighted by Gasteiger charge is -2.07. The molecule has 2 rings (SSSR count). The summed E-state index contributed by atoms with van der Waals surface area (Å²) in [7, 11) is 1.15. The molecule has 0 saturated heterocycles. The average Bonchev–Trinajstić information content (AvgIpc) is 3.12. The van der Waals surface area contributed by atoms with E-state index in [9.17, 15) is 24.5 Å². The van der Waals surface area contributed by atoms with E-state index in [0.717, 1.165) is 24.5 Å². The Morgan fingerprint density at radius 3 is 2.72 bits per heavy atom. The third-order valence-corrected chi connectivity index (χ3v) is 4.17. The van der Waals surface area contributed by atoms with E-state index in [2.05, 4.69) is 15.0 Å². The Morgan fingerprint density at radius 2 is 2.07 bits per heavy atom. The summed E-state index contributed by atoms with van der Waals surface area (Å²) in [4.78, 5) is 49.5. The highest BCUT2D eigenvalue weighted by atomic mass is 32.1. The smallest absolute Gasteiger partial charge is 0.338 e. The van der Waals surface area contributed by atoms with Crippen LogP contribution in [0, 0.1) is 10.1 Å². The first-order valence-electron chi connectivity index (χ1n) is 8.23. The molecule has 0 aliphatic carbocycles. The number of hydrogen-bond acceptors (Lipinski definition) is 10. The molecule has 0 radical (unpaired) electrons. The minimum absolute atomic E-state index is 0.0184. The molecule has 0 aliphatic rings. The minimum Gasteiger partial charge on any atom is -0.477 e. The van der Waals surface area contributed by atoms with Gasteiger partial charge in [0.1, 0.15) is 0 Å². The van der Waals surface area contributed by atoms with Gasteiger partial charge in [-0.05, 0) is 19.1 Å². The zero-order chi connectivity index (χ0) is 21.4. The van der Waals surface area contributed by atoms with Crippen LogP contribution in [0.5, 0.6) is 5.75 Å². The number of carbonyl (C=O) groups excluding carboxylic acids is 3. The van der Waals surface area contributed by atoms with Gasteiger partial charge in [-0.15, -0.1) is 11.3 Å². The molecule has 0 fully saturated rings. The fourth-order valence-electron chi connectivity index (χ4n) is 2.13. The van der Waals surface area contributed by atoms with E-state index in [4.69, 9.17) is 9.47 Å². The summed E-state index contributed by atoms with van der Waals surface area (Å²) in [6.07, 6.45) is -0.0184. The third-order valence-electron chi connectivity index (χ3n) is 3.36. The molecule has 0 atom stereocenters. The molecule has 0 saturated carbocycles. The lowest BCUT2D eigenvalue weighted by Crippen LogP contribution is -2.20. The van der Waals surface area contributed by atoms with Crippen LogP contribution in [0.2, 0.25) is 0 Å². The number of rotatable bonds is 9. The van der Waals surface area contributed by atoms with E-state index >= 15 is 0 Å². The zero-order valence-electron chi connectivity index (χ0n) is 15.5. The van der Waals surface area contributed by atoms with Gasteiger partial charge in [0.25, 0.3) is 5.91 Å². The third kappa shape index (κ3) is 6.24. The number of hydrogen-bond donors (Lipinski definition) is 1. The first kappa shape index (κ1) is 21.8. The normalized spacial score (nSPS) is 10.1. The van der Waals surface area contributed by atoms with E-state index in [1.54, 1.807) is 12.3 Å². The number of methoxy groups -OCH3 is 1. The summed E-state index contributed by atoms with van der Waals surface area (Å²) in [5, 5.41) is 15.5. The van der Waals surface area contributed by atoms with Crippen molar-refractivity contribution in [3.05, 3.63) is 45.0 Å². The molecule has 0 spiro atoms. The number of nitrogens with zero attached hydrogens (tertiary/aromatic N) is 2. The summed E-state index contributed by atoms with van der Waals surface area (Å²) >= 11 is 1.11. The molecular weight excluding hydrogens is 406 g/mol. The van der Waals surface area contributed by atoms with Crippen molar-refractivity contribution in [1.29, 1.82) is 0 Å². The molecule has 0 bridgehead atoms. The predicted octanol–water partition coefficient (Wildman–Crippen LogP) is 1.96. The van der Waals surface area contributed by atoms with E-state index in [0.29, 0.717) is 5.69 Å². The molecule has 0 aliphatic heterocycles. The van der Waals surface area contributed by atoms with Crippen molar-refractivity contribution in [3.8, 4) is 5.75 Å². The van der Waals surface area contributed by atoms with Gasteiger partial charge in [0.15, 0.2) is 17.5 Å². The van der Waals surface area contributed by atoms with Gasteiger partial charge >= 0.3 is 17.6 Å². The van der Waals surface area contributed by atoms with Crippen LogP contribution in [0.3, 0.4) is 0 Å². The number of nitro benzene ring substituents is 1. The quantitative estimate of drug-likeness (QED) is 0.363. The summed E-state index contributed by atoms with van der Waals surface area (Å²) in [6.45, 7) is 1.43. The van der Waals surface area contributed by atoms with Crippen LogP contribution >= 0.6 is 11.3 Å². The Kier molecular flexibility index (Phi) is 7.60. The largest absolute Gasteiger partial charge is 0.477 e. The van der Waals surface area contributed by atoms with Crippen LogP contribution < -0.4 is 10.1 Å². The molecule has 1 amide bonds. The number of aromatic nitrogens is 1. The highest BCUT2D eigenvalue weighted by molar-refractivity contribution is 7.13. The van der Waals surface area contributed by atoms with Gasteiger partial charge in [0, 0.05) is 11.4 Å². The minimum atomic E-state index is -0.736. The van der Waals surface area contributed by atoms with E-state index in [1.807, 2.05) is 0 Å². The van der Waals surface area contributed by atoms with Crippen LogP contribution in [-0.2, 0) is 25.5 Å². The van der Waals surface area contributed by atoms with Crippen molar-refractivity contribution >= 4 is 40.0 Å². The summed E-state index contributed by atoms with van der Waals surface area (Å²) < 4.78 is 14.5.